The highest BCUT2D eigenvalue weighted by Gasteiger charge is 2.53. The van der Waals surface area contributed by atoms with E-state index in [2.05, 4.69) is 10.0 Å². The first-order valence-corrected chi connectivity index (χ1v) is 8.88. The first-order chi connectivity index (χ1) is 9.56. The van der Waals surface area contributed by atoms with Gasteiger partial charge in [0.25, 0.3) is 0 Å². The van der Waals surface area contributed by atoms with Crippen LogP contribution < -0.4 is 10.0 Å². The van der Waals surface area contributed by atoms with Crippen LogP contribution in [-0.4, -0.2) is 21.5 Å². The minimum Gasteiger partial charge on any atom is -0.385 e. The number of benzene rings is 1. The minimum atomic E-state index is -3.37. The van der Waals surface area contributed by atoms with Crippen molar-refractivity contribution in [1.82, 2.24) is 4.72 Å². The molecule has 2 fully saturated rings. The van der Waals surface area contributed by atoms with E-state index in [1.165, 1.54) is 25.7 Å². The smallest absolute Gasteiger partial charge is 0.240 e. The molecule has 20 heavy (non-hydrogen) atoms. The second-order valence-electron chi connectivity index (χ2n) is 6.02. The van der Waals surface area contributed by atoms with Crippen molar-refractivity contribution in [2.45, 2.75) is 37.5 Å². The molecule has 110 valence electrons. The van der Waals surface area contributed by atoms with E-state index in [1.54, 1.807) is 12.1 Å². The Bertz CT molecular complexity index is 572. The first kappa shape index (κ1) is 13.9. The van der Waals surface area contributed by atoms with Gasteiger partial charge in [0.1, 0.15) is 0 Å². The van der Waals surface area contributed by atoms with Gasteiger partial charge in [-0.2, -0.15) is 0 Å². The number of anilines is 1. The van der Waals surface area contributed by atoms with E-state index < -0.39 is 10.0 Å². The van der Waals surface area contributed by atoms with Crippen LogP contribution in [0.1, 0.15) is 32.6 Å². The molecule has 0 unspecified atom stereocenters. The van der Waals surface area contributed by atoms with Gasteiger partial charge >= 0.3 is 0 Å². The summed E-state index contributed by atoms with van der Waals surface area (Å²) in [6, 6.07) is 6.95. The second-order valence-corrected chi connectivity index (χ2v) is 7.78. The predicted molar refractivity (Wildman–Crippen MR) is 80.2 cm³/mol. The lowest BCUT2D eigenvalue weighted by molar-refractivity contribution is 0.432. The number of nitrogens with one attached hydrogen (secondary N) is 2. The molecular formula is C15H22N2O2S. The van der Waals surface area contributed by atoms with Gasteiger partial charge in [0, 0.05) is 18.8 Å². The lowest BCUT2D eigenvalue weighted by atomic mass is 10.0. The molecule has 0 heterocycles. The number of hydrogen-bond donors (Lipinski definition) is 2. The summed E-state index contributed by atoms with van der Waals surface area (Å²) in [6.07, 6.45) is 4.91. The first-order valence-electron chi connectivity index (χ1n) is 7.39. The zero-order chi connectivity index (χ0) is 14.2. The van der Waals surface area contributed by atoms with E-state index in [9.17, 15) is 8.42 Å². The van der Waals surface area contributed by atoms with Crippen molar-refractivity contribution in [3.05, 3.63) is 24.3 Å². The molecule has 0 saturated heterocycles. The molecule has 1 aromatic rings. The highest BCUT2D eigenvalue weighted by atomic mass is 32.2. The molecule has 2 aliphatic rings. The van der Waals surface area contributed by atoms with Gasteiger partial charge in [0.15, 0.2) is 0 Å². The van der Waals surface area contributed by atoms with Crippen molar-refractivity contribution in [2.24, 2.45) is 11.3 Å². The molecule has 0 bridgehead atoms. The van der Waals surface area contributed by atoms with E-state index in [4.69, 9.17) is 0 Å². The van der Waals surface area contributed by atoms with Crippen LogP contribution in [0.5, 0.6) is 0 Å². The third-order valence-electron chi connectivity index (χ3n) is 4.50. The summed E-state index contributed by atoms with van der Waals surface area (Å²) in [6.45, 7) is 3.45. The van der Waals surface area contributed by atoms with Crippen LogP contribution >= 0.6 is 0 Å². The van der Waals surface area contributed by atoms with Gasteiger partial charge < -0.3 is 5.32 Å². The highest BCUT2D eigenvalue weighted by molar-refractivity contribution is 7.89. The maximum Gasteiger partial charge on any atom is 0.240 e. The molecule has 3 rings (SSSR count). The Kier molecular flexibility index (Phi) is 3.50. The van der Waals surface area contributed by atoms with E-state index in [0.717, 1.165) is 18.2 Å². The standard InChI is InChI=1S/C15H22N2O2S/c1-2-16-13-5-7-14(8-6-13)20(18,19)17-11-15(9-10-15)12-3-4-12/h5-8,12,16-17H,2-4,9-11H2,1H3. The topological polar surface area (TPSA) is 58.2 Å². The van der Waals surface area contributed by atoms with Crippen molar-refractivity contribution >= 4 is 15.7 Å². The van der Waals surface area contributed by atoms with Gasteiger partial charge in [-0.05, 0) is 68.2 Å². The lowest BCUT2D eigenvalue weighted by Gasteiger charge is -2.15. The van der Waals surface area contributed by atoms with Gasteiger partial charge in [-0.15, -0.1) is 0 Å². The molecule has 0 aliphatic heterocycles. The zero-order valence-corrected chi connectivity index (χ0v) is 12.7. The average molecular weight is 294 g/mol. The van der Waals surface area contributed by atoms with Crippen LogP contribution in [0.2, 0.25) is 0 Å². The fraction of sp³-hybridized carbons (Fsp3) is 0.600. The van der Waals surface area contributed by atoms with Crippen LogP contribution in [0.15, 0.2) is 29.2 Å². The van der Waals surface area contributed by atoms with Gasteiger partial charge in [0.05, 0.1) is 4.90 Å². The van der Waals surface area contributed by atoms with Crippen molar-refractivity contribution in [3.8, 4) is 0 Å². The Balaban J connectivity index is 1.65. The largest absolute Gasteiger partial charge is 0.385 e. The van der Waals surface area contributed by atoms with Crippen molar-refractivity contribution in [3.63, 3.8) is 0 Å². The monoisotopic (exact) mass is 294 g/mol. The van der Waals surface area contributed by atoms with Crippen LogP contribution in [-0.2, 0) is 10.0 Å². The molecule has 0 spiro atoms. The van der Waals surface area contributed by atoms with E-state index >= 15 is 0 Å². The van der Waals surface area contributed by atoms with Gasteiger partial charge in [0.2, 0.25) is 10.0 Å². The minimum absolute atomic E-state index is 0.288. The molecule has 0 aromatic heterocycles. The summed E-state index contributed by atoms with van der Waals surface area (Å²) < 4.78 is 27.4. The average Bonchev–Trinajstić information content (AvgIpc) is 3.29. The van der Waals surface area contributed by atoms with Crippen molar-refractivity contribution in [1.29, 1.82) is 0 Å². The molecular weight excluding hydrogens is 272 g/mol. The SMILES string of the molecule is CCNc1ccc(S(=O)(=O)NCC2(C3CC3)CC2)cc1. The molecule has 2 saturated carbocycles. The fourth-order valence-corrected chi connectivity index (χ4v) is 4.00. The summed E-state index contributed by atoms with van der Waals surface area (Å²) in [7, 11) is -3.37. The van der Waals surface area contributed by atoms with E-state index in [1.807, 2.05) is 19.1 Å². The van der Waals surface area contributed by atoms with Crippen LogP contribution in [0, 0.1) is 11.3 Å². The molecule has 0 radical (unpaired) electrons. The second kappa shape index (κ2) is 5.04. The van der Waals surface area contributed by atoms with Crippen LogP contribution in [0.25, 0.3) is 0 Å². The normalized spacial score (nSPS) is 20.6. The molecule has 5 heteroatoms. The summed E-state index contributed by atoms with van der Waals surface area (Å²) in [5, 5.41) is 3.16. The lowest BCUT2D eigenvalue weighted by Crippen LogP contribution is -2.31. The summed E-state index contributed by atoms with van der Waals surface area (Å²) in [5.41, 5.74) is 1.24. The predicted octanol–water partition coefficient (Wildman–Crippen LogP) is 2.59. The van der Waals surface area contributed by atoms with Gasteiger partial charge in [-0.1, -0.05) is 0 Å². The number of sulfonamides is 1. The number of rotatable bonds is 7. The summed E-state index contributed by atoms with van der Waals surface area (Å²) in [4.78, 5) is 0.353. The Morgan fingerprint density at radius 2 is 1.85 bits per heavy atom. The zero-order valence-electron chi connectivity index (χ0n) is 11.9. The molecule has 4 nitrogen and oxygen atoms in total. The highest BCUT2D eigenvalue weighted by Crippen LogP contribution is 2.60. The molecule has 0 amide bonds. The van der Waals surface area contributed by atoms with E-state index in [0.29, 0.717) is 11.4 Å². The number of hydrogen-bond acceptors (Lipinski definition) is 3. The Morgan fingerprint density at radius 3 is 2.35 bits per heavy atom. The fourth-order valence-electron chi connectivity index (χ4n) is 2.86. The van der Waals surface area contributed by atoms with Crippen LogP contribution in [0.4, 0.5) is 5.69 Å². The quantitative estimate of drug-likeness (QED) is 0.812. The maximum absolute atomic E-state index is 12.3. The Morgan fingerprint density at radius 1 is 1.20 bits per heavy atom. The third kappa shape index (κ3) is 2.83. The van der Waals surface area contributed by atoms with Gasteiger partial charge in [-0.3, -0.25) is 0 Å². The maximum atomic E-state index is 12.3. The molecule has 2 N–H and O–H groups in total. The van der Waals surface area contributed by atoms with Crippen molar-refractivity contribution < 1.29 is 8.42 Å². The molecule has 0 atom stereocenters. The Labute approximate surface area is 121 Å². The van der Waals surface area contributed by atoms with E-state index in [-0.39, 0.29) is 5.41 Å². The Hall–Kier alpha value is -1.07. The van der Waals surface area contributed by atoms with Crippen LogP contribution in [0.3, 0.4) is 0 Å². The summed E-state index contributed by atoms with van der Waals surface area (Å²) in [5.74, 6) is 0.765. The molecule has 2 aliphatic carbocycles. The van der Waals surface area contributed by atoms with Crippen molar-refractivity contribution in [2.75, 3.05) is 18.4 Å². The third-order valence-corrected chi connectivity index (χ3v) is 5.91. The molecule has 1 aromatic carbocycles. The summed E-state index contributed by atoms with van der Waals surface area (Å²) >= 11 is 0. The van der Waals surface area contributed by atoms with Gasteiger partial charge in [-0.25, -0.2) is 13.1 Å².